The van der Waals surface area contributed by atoms with E-state index in [0.717, 1.165) is 33.0 Å². The minimum absolute atomic E-state index is 0.0180. The summed E-state index contributed by atoms with van der Waals surface area (Å²) in [5.74, 6) is -0.695. The molecule has 0 aliphatic heterocycles. The van der Waals surface area contributed by atoms with Crippen LogP contribution in [-0.4, -0.2) is 0 Å². The van der Waals surface area contributed by atoms with Crippen LogP contribution in [0, 0.1) is 24.1 Å². The number of aryl methyl sites for hydroxylation is 1. The van der Waals surface area contributed by atoms with Crippen LogP contribution in [0.2, 0.25) is 0 Å². The minimum atomic E-state index is -0.695. The van der Waals surface area contributed by atoms with Gasteiger partial charge in [0.05, 0.1) is 24.1 Å². The number of nitriles is 1. The SMILES string of the molecule is [2H]c1c(F)c(C(C)(C)C)c([2H])[n+](C)c1-c1c(C)ccc2c1oc1c(-c3ccc(-c4ccccc4)cc3)c(C#N)ccc12. The van der Waals surface area contributed by atoms with E-state index in [0.29, 0.717) is 27.9 Å². The van der Waals surface area contributed by atoms with Crippen LogP contribution < -0.4 is 4.57 Å². The Morgan fingerprint density at radius 2 is 1.43 bits per heavy atom. The van der Waals surface area contributed by atoms with E-state index >= 15 is 4.39 Å². The average molecular weight is 528 g/mol. The first-order valence-electron chi connectivity index (χ1n) is 14.3. The second-order valence-corrected chi connectivity index (χ2v) is 11.2. The summed E-state index contributed by atoms with van der Waals surface area (Å²) >= 11 is 0. The van der Waals surface area contributed by atoms with Crippen molar-refractivity contribution >= 4 is 21.9 Å². The monoisotopic (exact) mass is 527 g/mol. The molecule has 2 aromatic heterocycles. The Morgan fingerprint density at radius 1 is 0.825 bits per heavy atom. The van der Waals surface area contributed by atoms with Gasteiger partial charge in [0, 0.05) is 22.4 Å². The molecule has 0 saturated heterocycles. The van der Waals surface area contributed by atoms with Gasteiger partial charge >= 0.3 is 0 Å². The summed E-state index contributed by atoms with van der Waals surface area (Å²) in [6.07, 6.45) is 0.0180. The molecule has 0 radical (unpaired) electrons. The molecule has 2 heterocycles. The molecule has 196 valence electrons. The first kappa shape index (κ1) is 23.2. The smallest absolute Gasteiger partial charge is 0.219 e. The van der Waals surface area contributed by atoms with Gasteiger partial charge in [0.15, 0.2) is 6.17 Å². The van der Waals surface area contributed by atoms with E-state index < -0.39 is 11.2 Å². The molecule has 4 heteroatoms. The summed E-state index contributed by atoms with van der Waals surface area (Å²) in [5, 5.41) is 11.7. The summed E-state index contributed by atoms with van der Waals surface area (Å²) in [4.78, 5) is 0. The zero-order valence-electron chi connectivity index (χ0n) is 25.2. The number of rotatable bonds is 3. The molecule has 0 saturated carbocycles. The molecule has 40 heavy (non-hydrogen) atoms. The lowest BCUT2D eigenvalue weighted by Crippen LogP contribution is -2.34. The highest BCUT2D eigenvalue weighted by Crippen LogP contribution is 2.42. The van der Waals surface area contributed by atoms with Crippen molar-refractivity contribution in [2.75, 3.05) is 0 Å². The predicted octanol–water partition coefficient (Wildman–Crippen LogP) is 9.03. The zero-order chi connectivity index (χ0) is 29.9. The summed E-state index contributed by atoms with van der Waals surface area (Å²) in [7, 11) is 1.69. The molecule has 4 aromatic carbocycles. The van der Waals surface area contributed by atoms with E-state index in [1.165, 1.54) is 0 Å². The number of fused-ring (bicyclic) bond motifs is 3. The molecule has 0 spiro atoms. The molecule has 0 atom stereocenters. The highest BCUT2D eigenvalue weighted by molar-refractivity contribution is 6.14. The van der Waals surface area contributed by atoms with Crippen molar-refractivity contribution in [3.8, 4) is 39.6 Å². The molecule has 0 aliphatic carbocycles. The molecule has 0 amide bonds. The third-order valence-electron chi connectivity index (χ3n) is 7.47. The number of hydrogen-bond donors (Lipinski definition) is 0. The van der Waals surface area contributed by atoms with E-state index in [2.05, 4.69) is 18.2 Å². The van der Waals surface area contributed by atoms with Gasteiger partial charge in [-0.3, -0.25) is 0 Å². The quantitative estimate of drug-likeness (QED) is 0.215. The van der Waals surface area contributed by atoms with E-state index in [1.54, 1.807) is 17.7 Å². The molecule has 6 aromatic rings. The summed E-state index contributed by atoms with van der Waals surface area (Å²) in [5.41, 5.74) is 6.41. The Kier molecular flexibility index (Phi) is 5.48. The largest absolute Gasteiger partial charge is 0.454 e. The van der Waals surface area contributed by atoms with Gasteiger partial charge in [0.2, 0.25) is 5.69 Å². The zero-order valence-corrected chi connectivity index (χ0v) is 23.2. The second-order valence-electron chi connectivity index (χ2n) is 11.2. The van der Waals surface area contributed by atoms with E-state index in [-0.39, 0.29) is 23.5 Å². The number of halogens is 1. The van der Waals surface area contributed by atoms with E-state index in [4.69, 9.17) is 7.16 Å². The summed E-state index contributed by atoms with van der Waals surface area (Å²) < 4.78 is 41.6. The van der Waals surface area contributed by atoms with Crippen LogP contribution in [0.3, 0.4) is 0 Å². The molecule has 0 N–H and O–H groups in total. The number of benzene rings is 4. The van der Waals surface area contributed by atoms with Crippen LogP contribution >= 0.6 is 0 Å². The van der Waals surface area contributed by atoms with Gasteiger partial charge in [-0.1, -0.05) is 87.5 Å². The van der Waals surface area contributed by atoms with E-state index in [1.807, 2.05) is 88.4 Å². The fraction of sp³-hybridized carbons (Fsp3) is 0.167. The Balaban J connectivity index is 1.63. The summed E-state index contributed by atoms with van der Waals surface area (Å²) in [6, 6.07) is 27.7. The van der Waals surface area contributed by atoms with Crippen LogP contribution in [0.15, 0.2) is 95.5 Å². The van der Waals surface area contributed by atoms with Gasteiger partial charge in [0.1, 0.15) is 25.4 Å². The van der Waals surface area contributed by atoms with Crippen molar-refractivity contribution in [1.29, 1.82) is 5.26 Å². The van der Waals surface area contributed by atoms with Crippen LogP contribution in [0.25, 0.3) is 55.4 Å². The third-order valence-corrected chi connectivity index (χ3v) is 7.47. The van der Waals surface area contributed by atoms with Crippen molar-refractivity contribution in [2.45, 2.75) is 33.1 Å². The molecule has 3 nitrogen and oxygen atoms in total. The van der Waals surface area contributed by atoms with Crippen LogP contribution in [0.4, 0.5) is 4.39 Å². The summed E-state index contributed by atoms with van der Waals surface area (Å²) in [6.45, 7) is 7.42. The first-order chi connectivity index (χ1) is 20.0. The average Bonchev–Trinajstić information content (AvgIpc) is 3.35. The molecular formula is C36H30FN2O+. The third kappa shape index (κ3) is 4.15. The molecule has 0 fully saturated rings. The second kappa shape index (κ2) is 9.47. The van der Waals surface area contributed by atoms with Crippen LogP contribution in [-0.2, 0) is 12.5 Å². The predicted molar refractivity (Wildman–Crippen MR) is 159 cm³/mol. The lowest BCUT2D eigenvalue weighted by molar-refractivity contribution is -0.661. The lowest BCUT2D eigenvalue weighted by Gasteiger charge is -2.18. The number of hydrogen-bond acceptors (Lipinski definition) is 2. The molecule has 0 unspecified atom stereocenters. The van der Waals surface area contributed by atoms with Gasteiger partial charge in [-0.2, -0.15) is 5.26 Å². The maximum absolute atomic E-state index is 15.8. The fourth-order valence-electron chi connectivity index (χ4n) is 5.39. The Hall–Kier alpha value is -4.75. The Labute approximate surface area is 236 Å². The molecule has 0 bridgehead atoms. The Bertz CT molecular complexity index is 2040. The van der Waals surface area contributed by atoms with Crippen molar-refractivity contribution in [1.82, 2.24) is 0 Å². The Morgan fingerprint density at radius 3 is 2.08 bits per heavy atom. The number of aromatic nitrogens is 1. The topological polar surface area (TPSA) is 40.8 Å². The minimum Gasteiger partial charge on any atom is -0.454 e. The lowest BCUT2D eigenvalue weighted by atomic mass is 9.87. The number of nitrogens with zero attached hydrogens (tertiary/aromatic N) is 2. The van der Waals surface area contributed by atoms with Crippen molar-refractivity contribution in [3.63, 3.8) is 0 Å². The molecular weight excluding hydrogens is 495 g/mol. The molecule has 0 aliphatic rings. The molecule has 6 rings (SSSR count). The van der Waals surface area contributed by atoms with Gasteiger partial charge in [0.25, 0.3) is 0 Å². The first-order valence-corrected chi connectivity index (χ1v) is 13.3. The van der Waals surface area contributed by atoms with Crippen molar-refractivity contribution in [3.05, 3.63) is 114 Å². The van der Waals surface area contributed by atoms with Gasteiger partial charge < -0.3 is 4.42 Å². The van der Waals surface area contributed by atoms with Crippen LogP contribution in [0.5, 0.6) is 0 Å². The van der Waals surface area contributed by atoms with Gasteiger partial charge in [-0.25, -0.2) is 8.96 Å². The maximum atomic E-state index is 15.8. The highest BCUT2D eigenvalue weighted by atomic mass is 19.1. The van der Waals surface area contributed by atoms with Crippen molar-refractivity contribution in [2.24, 2.45) is 7.05 Å². The number of pyridine rings is 1. The van der Waals surface area contributed by atoms with Gasteiger partial charge in [-0.15, -0.1) is 0 Å². The van der Waals surface area contributed by atoms with Crippen molar-refractivity contribution < 1.29 is 16.1 Å². The number of furan rings is 1. The normalized spacial score (nSPS) is 12.4. The van der Waals surface area contributed by atoms with E-state index in [9.17, 15) is 5.26 Å². The fourth-order valence-corrected chi connectivity index (χ4v) is 5.39. The maximum Gasteiger partial charge on any atom is 0.219 e. The van der Waals surface area contributed by atoms with Gasteiger partial charge in [-0.05, 0) is 46.7 Å². The standard InChI is InChI=1S/C36H30FN2O/c1-22-11-17-27-28-18-16-26(20-38)33(25-14-12-24(13-15-25)23-9-7-6-8-10-23)35(28)40-34(27)32(22)31-19-30(37)29(21-39(31)5)36(2,3)4/h6-19,21H,1-5H3/q+1/i19D,21D. The van der Waals surface area contributed by atoms with Crippen LogP contribution in [0.1, 0.15) is 40.2 Å². The highest BCUT2D eigenvalue weighted by Gasteiger charge is 2.28.